The van der Waals surface area contributed by atoms with Crippen LogP contribution < -0.4 is 0 Å². The van der Waals surface area contributed by atoms with Crippen LogP contribution in [0.2, 0.25) is 0 Å². The van der Waals surface area contributed by atoms with Crippen molar-refractivity contribution in [2.75, 3.05) is 0 Å². The van der Waals surface area contributed by atoms with Gasteiger partial charge in [-0.25, -0.2) is 4.52 Å². The molecule has 3 aromatic heterocycles. The Morgan fingerprint density at radius 2 is 1.44 bits per heavy atom. The van der Waals surface area contributed by atoms with Crippen LogP contribution >= 0.6 is 11.3 Å². The van der Waals surface area contributed by atoms with E-state index in [-0.39, 0.29) is 5.41 Å². The van der Waals surface area contributed by atoms with E-state index >= 15 is 0 Å². The van der Waals surface area contributed by atoms with Crippen LogP contribution in [0, 0.1) is 0 Å². The minimum atomic E-state index is -0.0197. The number of hydrogen-bond acceptors (Lipinski definition) is 2. The lowest BCUT2D eigenvalue weighted by atomic mass is 9.82. The van der Waals surface area contributed by atoms with E-state index in [4.69, 9.17) is 5.10 Å². The molecule has 186 valence electrons. The number of hydrogen-bond donors (Lipinski definition) is 0. The zero-order chi connectivity index (χ0) is 26.1. The van der Waals surface area contributed by atoms with E-state index in [1.54, 1.807) is 11.3 Å². The molecule has 3 heterocycles. The average molecular weight is 519 g/mol. The van der Waals surface area contributed by atoms with Gasteiger partial charge < -0.3 is 0 Å². The van der Waals surface area contributed by atoms with Gasteiger partial charge >= 0.3 is 0 Å². The topological polar surface area (TPSA) is 17.3 Å². The summed E-state index contributed by atoms with van der Waals surface area (Å²) in [5.41, 5.74) is 12.2. The summed E-state index contributed by atoms with van der Waals surface area (Å²) in [4.78, 5) is 1.21. The molecule has 0 saturated heterocycles. The van der Waals surface area contributed by atoms with Crippen molar-refractivity contribution in [2.24, 2.45) is 0 Å². The smallest absolute Gasteiger partial charge is 0.101 e. The third kappa shape index (κ3) is 3.23. The number of fused-ring (bicyclic) bond motifs is 6. The summed E-state index contributed by atoms with van der Waals surface area (Å²) in [6, 6.07) is 41.8. The summed E-state index contributed by atoms with van der Waals surface area (Å²) in [6.07, 6.45) is 0. The van der Waals surface area contributed by atoms with Crippen molar-refractivity contribution in [3.63, 3.8) is 0 Å². The van der Waals surface area contributed by atoms with Crippen molar-refractivity contribution >= 4 is 27.6 Å². The molecular weight excluding hydrogens is 492 g/mol. The fraction of sp³-hybridized carbons (Fsp3) is 0.0833. The monoisotopic (exact) mass is 518 g/mol. The lowest BCUT2D eigenvalue weighted by molar-refractivity contribution is 0.660. The predicted molar refractivity (Wildman–Crippen MR) is 164 cm³/mol. The average Bonchev–Trinajstić information content (AvgIpc) is 3.70. The fourth-order valence-corrected chi connectivity index (χ4v) is 7.16. The first-order valence-corrected chi connectivity index (χ1v) is 14.3. The first-order chi connectivity index (χ1) is 19.1. The number of thiophene rings is 1. The summed E-state index contributed by atoms with van der Waals surface area (Å²) in [6.45, 7) is 4.66. The molecule has 0 spiro atoms. The zero-order valence-corrected chi connectivity index (χ0v) is 22.7. The lowest BCUT2D eigenvalue weighted by Gasteiger charge is -2.21. The quantitative estimate of drug-likeness (QED) is 0.227. The van der Waals surface area contributed by atoms with Gasteiger partial charge in [-0.1, -0.05) is 111 Å². The standard InChI is InChI=1S/C36H26N2S/c1-36(2)29-16-9-8-15-27(29)28-21-25(18-19-30(28)36)34-33(23-11-4-3-5-12-23)35-26-14-7-6-13-24(26)22-31(38(35)37-34)32-17-10-20-39-32/h3-22H,1-2H3. The number of rotatable bonds is 3. The highest BCUT2D eigenvalue weighted by Crippen LogP contribution is 2.50. The van der Waals surface area contributed by atoms with Crippen LogP contribution in [0.3, 0.4) is 0 Å². The van der Waals surface area contributed by atoms with Crippen LogP contribution in [0.5, 0.6) is 0 Å². The molecular formula is C36H26N2S. The maximum Gasteiger partial charge on any atom is 0.101 e. The Bertz CT molecular complexity index is 2030. The summed E-state index contributed by atoms with van der Waals surface area (Å²) in [7, 11) is 0. The molecule has 0 N–H and O–H groups in total. The van der Waals surface area contributed by atoms with Crippen molar-refractivity contribution in [3.05, 3.63) is 132 Å². The Morgan fingerprint density at radius 3 is 2.28 bits per heavy atom. The number of benzene rings is 4. The second-order valence-electron chi connectivity index (χ2n) is 10.9. The molecule has 0 saturated carbocycles. The summed E-state index contributed by atoms with van der Waals surface area (Å²) < 4.78 is 2.18. The van der Waals surface area contributed by atoms with Gasteiger partial charge in [0.05, 0.1) is 16.1 Å². The lowest BCUT2D eigenvalue weighted by Crippen LogP contribution is -2.14. The van der Waals surface area contributed by atoms with Crippen molar-refractivity contribution in [1.82, 2.24) is 9.61 Å². The van der Waals surface area contributed by atoms with E-state index < -0.39 is 0 Å². The van der Waals surface area contributed by atoms with Gasteiger partial charge in [0.2, 0.25) is 0 Å². The number of pyridine rings is 1. The van der Waals surface area contributed by atoms with Crippen molar-refractivity contribution in [1.29, 1.82) is 0 Å². The zero-order valence-electron chi connectivity index (χ0n) is 21.8. The van der Waals surface area contributed by atoms with E-state index in [0.717, 1.165) is 22.5 Å². The van der Waals surface area contributed by atoms with Crippen molar-refractivity contribution < 1.29 is 0 Å². The van der Waals surface area contributed by atoms with Crippen molar-refractivity contribution in [2.45, 2.75) is 19.3 Å². The first kappa shape index (κ1) is 22.5. The molecule has 8 rings (SSSR count). The molecule has 4 aromatic carbocycles. The Balaban J connectivity index is 1.49. The van der Waals surface area contributed by atoms with E-state index in [2.05, 4.69) is 139 Å². The predicted octanol–water partition coefficient (Wildman–Crippen LogP) is 9.86. The highest BCUT2D eigenvalue weighted by molar-refractivity contribution is 7.13. The third-order valence-corrected chi connectivity index (χ3v) is 9.21. The van der Waals surface area contributed by atoms with Gasteiger partial charge in [0.1, 0.15) is 5.69 Å². The van der Waals surface area contributed by atoms with Crippen molar-refractivity contribution in [3.8, 4) is 44.1 Å². The Labute approximate surface area is 231 Å². The van der Waals surface area contributed by atoms with Gasteiger partial charge in [-0.05, 0) is 56.8 Å². The molecule has 0 radical (unpaired) electrons. The molecule has 0 fully saturated rings. The minimum Gasteiger partial charge on any atom is -0.230 e. The van der Waals surface area contributed by atoms with E-state index in [1.165, 1.54) is 49.0 Å². The maximum absolute atomic E-state index is 5.41. The highest BCUT2D eigenvalue weighted by atomic mass is 32.1. The second-order valence-corrected chi connectivity index (χ2v) is 11.8. The normalized spacial score (nSPS) is 13.6. The Kier molecular flexibility index (Phi) is 4.77. The van der Waals surface area contributed by atoms with Gasteiger partial charge in [0.25, 0.3) is 0 Å². The van der Waals surface area contributed by atoms with Gasteiger partial charge in [-0.15, -0.1) is 11.3 Å². The Hall–Kier alpha value is -4.47. The molecule has 0 aliphatic heterocycles. The van der Waals surface area contributed by atoms with Crippen LogP contribution in [0.15, 0.2) is 121 Å². The van der Waals surface area contributed by atoms with E-state index in [0.29, 0.717) is 0 Å². The number of aromatic nitrogens is 2. The molecule has 7 aromatic rings. The molecule has 39 heavy (non-hydrogen) atoms. The van der Waals surface area contributed by atoms with E-state index in [1.807, 2.05) is 0 Å². The summed E-state index contributed by atoms with van der Waals surface area (Å²) in [5.74, 6) is 0. The first-order valence-electron chi connectivity index (χ1n) is 13.4. The Morgan fingerprint density at radius 1 is 0.667 bits per heavy atom. The molecule has 3 heteroatoms. The molecule has 0 unspecified atom stereocenters. The third-order valence-electron chi connectivity index (χ3n) is 8.31. The summed E-state index contributed by atoms with van der Waals surface area (Å²) in [5, 5.41) is 9.98. The molecule has 2 nitrogen and oxygen atoms in total. The highest BCUT2D eigenvalue weighted by Gasteiger charge is 2.35. The van der Waals surface area contributed by atoms with Gasteiger partial charge in [-0.2, -0.15) is 5.10 Å². The van der Waals surface area contributed by atoms with Crippen LogP contribution in [-0.4, -0.2) is 9.61 Å². The molecule has 1 aliphatic rings. The molecule has 0 bridgehead atoms. The van der Waals surface area contributed by atoms with Crippen LogP contribution in [-0.2, 0) is 5.41 Å². The van der Waals surface area contributed by atoms with Gasteiger partial charge in [-0.3, -0.25) is 0 Å². The SMILES string of the molecule is CC1(C)c2ccccc2-c2cc(-c3nn4c(-c5cccs5)cc5ccccc5c4c3-c3ccccc3)ccc21. The van der Waals surface area contributed by atoms with Crippen LogP contribution in [0.25, 0.3) is 60.4 Å². The van der Waals surface area contributed by atoms with Gasteiger partial charge in [0.15, 0.2) is 0 Å². The number of nitrogens with zero attached hydrogens (tertiary/aromatic N) is 2. The van der Waals surface area contributed by atoms with E-state index in [9.17, 15) is 0 Å². The van der Waals surface area contributed by atoms with Crippen LogP contribution in [0.4, 0.5) is 0 Å². The fourth-order valence-electron chi connectivity index (χ4n) is 6.44. The summed E-state index contributed by atoms with van der Waals surface area (Å²) >= 11 is 1.75. The molecule has 1 aliphatic carbocycles. The minimum absolute atomic E-state index is 0.0197. The second kappa shape index (κ2) is 8.26. The largest absolute Gasteiger partial charge is 0.230 e. The molecule has 0 amide bonds. The van der Waals surface area contributed by atoms with Gasteiger partial charge in [0, 0.05) is 21.9 Å². The maximum atomic E-state index is 5.41. The molecule has 0 atom stereocenters. The van der Waals surface area contributed by atoms with Crippen LogP contribution in [0.1, 0.15) is 25.0 Å².